The van der Waals surface area contributed by atoms with Crippen molar-refractivity contribution in [1.29, 1.82) is 0 Å². The maximum Gasteiger partial charge on any atom is 0.282 e. The lowest BCUT2D eigenvalue weighted by Gasteiger charge is -2.32. The molecule has 6 heteroatoms. The van der Waals surface area contributed by atoms with E-state index in [1.165, 1.54) is 17.7 Å². The third-order valence-corrected chi connectivity index (χ3v) is 7.12. The Morgan fingerprint density at radius 3 is 1.97 bits per heavy atom. The second-order valence-corrected chi connectivity index (χ2v) is 9.28. The Labute approximate surface area is 195 Å². The van der Waals surface area contributed by atoms with Gasteiger partial charge >= 0.3 is 0 Å². The van der Waals surface area contributed by atoms with Crippen molar-refractivity contribution in [2.45, 2.75) is 32.6 Å². The van der Waals surface area contributed by atoms with Crippen LogP contribution in [-0.2, 0) is 9.59 Å². The van der Waals surface area contributed by atoms with E-state index in [1.54, 1.807) is 7.11 Å². The quantitative estimate of drug-likeness (QED) is 0.642. The lowest BCUT2D eigenvalue weighted by atomic mass is 9.97. The number of amides is 2. The van der Waals surface area contributed by atoms with Crippen LogP contribution >= 0.6 is 0 Å². The standard InChI is InChI=1S/C27H31N3O3/c1-19-13-17-29(18-14-19)25-24(20-5-11-23(33-2)12-6-20)26(31)30(27(25)32)22-9-7-21(8-10-22)28-15-3-4-16-28/h5-12,19H,3-4,13-18H2,1-2H3. The van der Waals surface area contributed by atoms with Crippen LogP contribution in [0.25, 0.3) is 5.57 Å². The lowest BCUT2D eigenvalue weighted by Crippen LogP contribution is -2.38. The van der Waals surface area contributed by atoms with Gasteiger partial charge in [0.1, 0.15) is 11.4 Å². The number of anilines is 2. The zero-order chi connectivity index (χ0) is 22.9. The summed E-state index contributed by atoms with van der Waals surface area (Å²) < 4.78 is 5.29. The summed E-state index contributed by atoms with van der Waals surface area (Å²) in [7, 11) is 1.62. The fourth-order valence-corrected chi connectivity index (χ4v) is 5.08. The van der Waals surface area contributed by atoms with Gasteiger partial charge in [0.2, 0.25) is 0 Å². The van der Waals surface area contributed by atoms with E-state index >= 15 is 0 Å². The summed E-state index contributed by atoms with van der Waals surface area (Å²) >= 11 is 0. The van der Waals surface area contributed by atoms with Crippen molar-refractivity contribution in [2.75, 3.05) is 43.1 Å². The Hall–Kier alpha value is -3.28. The van der Waals surface area contributed by atoms with Crippen LogP contribution in [0, 0.1) is 5.92 Å². The molecular weight excluding hydrogens is 414 g/mol. The van der Waals surface area contributed by atoms with E-state index < -0.39 is 0 Å². The van der Waals surface area contributed by atoms with E-state index in [0.717, 1.165) is 56.0 Å². The summed E-state index contributed by atoms with van der Waals surface area (Å²) in [5.74, 6) is 0.869. The molecule has 172 valence electrons. The molecule has 0 N–H and O–H groups in total. The maximum absolute atomic E-state index is 13.7. The van der Waals surface area contributed by atoms with E-state index in [9.17, 15) is 9.59 Å². The molecule has 0 aromatic heterocycles. The van der Waals surface area contributed by atoms with Crippen molar-refractivity contribution >= 4 is 28.8 Å². The number of benzene rings is 2. The Morgan fingerprint density at radius 1 is 0.758 bits per heavy atom. The average Bonchev–Trinajstić information content (AvgIpc) is 3.47. The van der Waals surface area contributed by atoms with Gasteiger partial charge in [-0.1, -0.05) is 19.1 Å². The number of imide groups is 1. The molecule has 0 saturated carbocycles. The number of hydrogen-bond donors (Lipinski definition) is 0. The molecule has 0 spiro atoms. The Morgan fingerprint density at radius 2 is 1.36 bits per heavy atom. The van der Waals surface area contributed by atoms with Crippen molar-refractivity contribution in [3.8, 4) is 5.75 Å². The van der Waals surface area contributed by atoms with Gasteiger partial charge in [0.25, 0.3) is 11.8 Å². The molecule has 2 amide bonds. The number of likely N-dealkylation sites (tertiary alicyclic amines) is 1. The van der Waals surface area contributed by atoms with Gasteiger partial charge in [0.15, 0.2) is 0 Å². The molecule has 2 aromatic carbocycles. The topological polar surface area (TPSA) is 53.1 Å². The Kier molecular flexibility index (Phi) is 5.83. The molecule has 0 bridgehead atoms. The summed E-state index contributed by atoms with van der Waals surface area (Å²) in [6, 6.07) is 15.3. The molecule has 3 aliphatic rings. The number of ether oxygens (including phenoxy) is 1. The molecule has 3 aliphatic heterocycles. The molecular formula is C27H31N3O3. The van der Waals surface area contributed by atoms with Gasteiger partial charge in [-0.3, -0.25) is 9.59 Å². The molecule has 0 radical (unpaired) electrons. The van der Waals surface area contributed by atoms with Gasteiger partial charge < -0.3 is 14.5 Å². The van der Waals surface area contributed by atoms with Crippen LogP contribution < -0.4 is 14.5 Å². The summed E-state index contributed by atoms with van der Waals surface area (Å²) in [6.45, 7) is 5.93. The van der Waals surface area contributed by atoms with E-state index in [0.29, 0.717) is 22.9 Å². The van der Waals surface area contributed by atoms with Gasteiger partial charge in [-0.15, -0.1) is 0 Å². The summed E-state index contributed by atoms with van der Waals surface area (Å²) in [5, 5.41) is 0. The smallest absolute Gasteiger partial charge is 0.282 e. The highest BCUT2D eigenvalue weighted by molar-refractivity contribution is 6.45. The predicted octanol–water partition coefficient (Wildman–Crippen LogP) is 4.31. The van der Waals surface area contributed by atoms with Gasteiger partial charge in [-0.05, 0) is 73.6 Å². The van der Waals surface area contributed by atoms with Crippen LogP contribution in [0.4, 0.5) is 11.4 Å². The van der Waals surface area contributed by atoms with Gasteiger partial charge in [-0.2, -0.15) is 0 Å². The first-order chi connectivity index (χ1) is 16.1. The minimum Gasteiger partial charge on any atom is -0.497 e. The molecule has 5 rings (SSSR count). The van der Waals surface area contributed by atoms with Crippen LogP contribution in [0.2, 0.25) is 0 Å². The van der Waals surface area contributed by atoms with Crippen LogP contribution in [0.15, 0.2) is 54.2 Å². The molecule has 3 heterocycles. The number of rotatable bonds is 5. The van der Waals surface area contributed by atoms with Crippen LogP contribution in [0.1, 0.15) is 38.2 Å². The monoisotopic (exact) mass is 445 g/mol. The zero-order valence-corrected chi connectivity index (χ0v) is 19.4. The second-order valence-electron chi connectivity index (χ2n) is 9.28. The van der Waals surface area contributed by atoms with Crippen LogP contribution in [0.5, 0.6) is 5.75 Å². The first kappa shape index (κ1) is 21.6. The van der Waals surface area contributed by atoms with Crippen molar-refractivity contribution in [2.24, 2.45) is 5.92 Å². The van der Waals surface area contributed by atoms with Crippen LogP contribution in [-0.4, -0.2) is 50.0 Å². The minimum absolute atomic E-state index is 0.228. The normalized spacial score (nSPS) is 19.8. The van der Waals surface area contributed by atoms with Crippen molar-refractivity contribution < 1.29 is 14.3 Å². The molecule has 6 nitrogen and oxygen atoms in total. The average molecular weight is 446 g/mol. The number of nitrogens with zero attached hydrogens (tertiary/aromatic N) is 3. The molecule has 2 fully saturated rings. The van der Waals surface area contributed by atoms with Gasteiger partial charge in [0, 0.05) is 31.9 Å². The van der Waals surface area contributed by atoms with Gasteiger partial charge in [-0.25, -0.2) is 4.90 Å². The Bertz CT molecular complexity index is 1060. The largest absolute Gasteiger partial charge is 0.497 e. The molecule has 0 atom stereocenters. The third-order valence-electron chi connectivity index (χ3n) is 7.12. The number of hydrogen-bond acceptors (Lipinski definition) is 5. The second kappa shape index (κ2) is 8.93. The highest BCUT2D eigenvalue weighted by atomic mass is 16.5. The SMILES string of the molecule is COc1ccc(C2=C(N3CCC(C)CC3)C(=O)N(c3ccc(N4CCCC4)cc3)C2=O)cc1. The molecule has 2 aromatic rings. The van der Waals surface area contributed by atoms with Crippen molar-refractivity contribution in [3.05, 3.63) is 59.8 Å². The zero-order valence-electron chi connectivity index (χ0n) is 19.4. The van der Waals surface area contributed by atoms with Crippen LogP contribution in [0.3, 0.4) is 0 Å². The number of piperidine rings is 1. The summed E-state index contributed by atoms with van der Waals surface area (Å²) in [5.41, 5.74) is 3.53. The van der Waals surface area contributed by atoms with Crippen molar-refractivity contribution in [1.82, 2.24) is 4.90 Å². The van der Waals surface area contributed by atoms with E-state index in [-0.39, 0.29) is 11.8 Å². The highest BCUT2D eigenvalue weighted by Crippen LogP contribution is 2.37. The molecule has 0 unspecified atom stereocenters. The number of methoxy groups -OCH3 is 1. The first-order valence-electron chi connectivity index (χ1n) is 11.9. The van der Waals surface area contributed by atoms with E-state index in [2.05, 4.69) is 16.7 Å². The number of carbonyl (C=O) groups is 2. The fourth-order valence-electron chi connectivity index (χ4n) is 5.08. The lowest BCUT2D eigenvalue weighted by molar-refractivity contribution is -0.120. The molecule has 0 aliphatic carbocycles. The van der Waals surface area contributed by atoms with Gasteiger partial charge in [0.05, 0.1) is 18.4 Å². The highest BCUT2D eigenvalue weighted by Gasteiger charge is 2.43. The van der Waals surface area contributed by atoms with Crippen molar-refractivity contribution in [3.63, 3.8) is 0 Å². The molecule has 2 saturated heterocycles. The number of carbonyl (C=O) groups excluding carboxylic acids is 2. The molecule has 33 heavy (non-hydrogen) atoms. The summed E-state index contributed by atoms with van der Waals surface area (Å²) in [6.07, 6.45) is 4.45. The fraction of sp³-hybridized carbons (Fsp3) is 0.407. The Balaban J connectivity index is 1.50. The maximum atomic E-state index is 13.7. The third kappa shape index (κ3) is 3.99. The first-order valence-corrected chi connectivity index (χ1v) is 11.9. The predicted molar refractivity (Wildman–Crippen MR) is 130 cm³/mol. The van der Waals surface area contributed by atoms with E-state index in [1.807, 2.05) is 48.5 Å². The van der Waals surface area contributed by atoms with E-state index in [4.69, 9.17) is 4.74 Å². The summed E-state index contributed by atoms with van der Waals surface area (Å²) in [4.78, 5) is 33.2. The minimum atomic E-state index is -0.257.